The van der Waals surface area contributed by atoms with Crippen molar-refractivity contribution in [1.29, 1.82) is 0 Å². The Hall–Kier alpha value is -2.30. The van der Waals surface area contributed by atoms with E-state index >= 15 is 0 Å². The van der Waals surface area contributed by atoms with Crippen molar-refractivity contribution in [3.05, 3.63) is 36.2 Å². The molecule has 2 rings (SSSR count). The lowest BCUT2D eigenvalue weighted by atomic mass is 10.3. The molecule has 1 N–H and O–H groups in total. The molecule has 0 saturated carbocycles. The molecule has 0 aliphatic rings. The van der Waals surface area contributed by atoms with Crippen LogP contribution in [-0.4, -0.2) is 23.1 Å². The maximum absolute atomic E-state index is 5.76. The van der Waals surface area contributed by atoms with Crippen LogP contribution < -0.4 is 14.8 Å². The van der Waals surface area contributed by atoms with Crippen molar-refractivity contribution in [3.63, 3.8) is 0 Å². The van der Waals surface area contributed by atoms with Gasteiger partial charge in [0.05, 0.1) is 6.61 Å². The van der Waals surface area contributed by atoms with Crippen LogP contribution in [0.2, 0.25) is 0 Å². The first-order valence-electron chi connectivity index (χ1n) is 7.21. The predicted molar refractivity (Wildman–Crippen MR) is 83.2 cm³/mol. The molecule has 0 bridgehead atoms. The van der Waals surface area contributed by atoms with Gasteiger partial charge in [0.1, 0.15) is 23.1 Å². The minimum absolute atomic E-state index is 0.528. The second-order valence-corrected chi connectivity index (χ2v) is 4.59. The summed E-state index contributed by atoms with van der Waals surface area (Å²) in [5.41, 5.74) is 0. The molecule has 2 aromatic rings. The minimum atomic E-state index is 0.528. The molecule has 112 valence electrons. The molecule has 0 spiro atoms. The highest BCUT2D eigenvalue weighted by atomic mass is 16.5. The van der Waals surface area contributed by atoms with Crippen molar-refractivity contribution in [2.75, 3.05) is 18.5 Å². The summed E-state index contributed by atoms with van der Waals surface area (Å²) in [6.45, 7) is 7.47. The summed E-state index contributed by atoms with van der Waals surface area (Å²) in [6.07, 6.45) is 0.992. The lowest BCUT2D eigenvalue weighted by Crippen LogP contribution is -2.02. The summed E-state index contributed by atoms with van der Waals surface area (Å²) in [4.78, 5) is 8.57. The number of hydrogen-bond donors (Lipinski definition) is 1. The van der Waals surface area contributed by atoms with E-state index in [1.807, 2.05) is 38.1 Å². The topological polar surface area (TPSA) is 56.3 Å². The molecule has 0 atom stereocenters. The van der Waals surface area contributed by atoms with Crippen molar-refractivity contribution in [2.24, 2.45) is 0 Å². The van der Waals surface area contributed by atoms with Gasteiger partial charge in [-0.15, -0.1) is 0 Å². The van der Waals surface area contributed by atoms with Crippen molar-refractivity contribution in [3.8, 4) is 17.4 Å². The smallest absolute Gasteiger partial charge is 0.224 e. The molecule has 5 heteroatoms. The Morgan fingerprint density at radius 3 is 2.43 bits per heavy atom. The van der Waals surface area contributed by atoms with E-state index in [2.05, 4.69) is 22.2 Å². The van der Waals surface area contributed by atoms with Crippen LogP contribution in [0.15, 0.2) is 30.3 Å². The van der Waals surface area contributed by atoms with Crippen LogP contribution in [0.5, 0.6) is 17.4 Å². The molecule has 0 unspecified atom stereocenters. The van der Waals surface area contributed by atoms with Gasteiger partial charge in [0.25, 0.3) is 0 Å². The standard InChI is InChI=1S/C16H21N3O2/c1-4-10-20-13-6-8-14(9-7-13)21-16-11-15(17-5-2)18-12(3)19-16/h6-9,11H,4-5,10H2,1-3H3,(H,17,18,19). The Morgan fingerprint density at radius 1 is 1.05 bits per heavy atom. The first-order chi connectivity index (χ1) is 10.2. The van der Waals surface area contributed by atoms with E-state index in [4.69, 9.17) is 9.47 Å². The number of aromatic nitrogens is 2. The summed E-state index contributed by atoms with van der Waals surface area (Å²) in [5, 5.41) is 3.16. The number of ether oxygens (including phenoxy) is 2. The van der Waals surface area contributed by atoms with Gasteiger partial charge < -0.3 is 14.8 Å². The van der Waals surface area contributed by atoms with E-state index in [-0.39, 0.29) is 0 Å². The molecular weight excluding hydrogens is 266 g/mol. The molecule has 0 aliphatic carbocycles. The Kier molecular flexibility index (Phi) is 5.37. The fourth-order valence-corrected chi connectivity index (χ4v) is 1.81. The molecule has 0 saturated heterocycles. The third-order valence-electron chi connectivity index (χ3n) is 2.69. The first-order valence-corrected chi connectivity index (χ1v) is 7.21. The Morgan fingerprint density at radius 2 is 1.76 bits per heavy atom. The largest absolute Gasteiger partial charge is 0.494 e. The van der Waals surface area contributed by atoms with E-state index in [9.17, 15) is 0 Å². The molecular formula is C16H21N3O2. The Labute approximate surface area is 125 Å². The summed E-state index contributed by atoms with van der Waals surface area (Å²) >= 11 is 0. The van der Waals surface area contributed by atoms with Crippen LogP contribution in [0, 0.1) is 6.92 Å². The fraction of sp³-hybridized carbons (Fsp3) is 0.375. The van der Waals surface area contributed by atoms with Crippen molar-refractivity contribution >= 4 is 5.82 Å². The van der Waals surface area contributed by atoms with Crippen LogP contribution in [0.3, 0.4) is 0 Å². The average molecular weight is 287 g/mol. The van der Waals surface area contributed by atoms with Gasteiger partial charge in [-0.2, -0.15) is 4.98 Å². The average Bonchev–Trinajstić information content (AvgIpc) is 2.46. The second kappa shape index (κ2) is 7.47. The van der Waals surface area contributed by atoms with Gasteiger partial charge in [0.2, 0.25) is 5.88 Å². The van der Waals surface area contributed by atoms with Gasteiger partial charge in [-0.05, 0) is 44.5 Å². The lowest BCUT2D eigenvalue weighted by molar-refractivity contribution is 0.317. The highest BCUT2D eigenvalue weighted by molar-refractivity contribution is 5.40. The molecule has 21 heavy (non-hydrogen) atoms. The van der Waals surface area contributed by atoms with Crippen LogP contribution >= 0.6 is 0 Å². The second-order valence-electron chi connectivity index (χ2n) is 4.59. The van der Waals surface area contributed by atoms with Gasteiger partial charge in [-0.1, -0.05) is 6.92 Å². The third-order valence-corrected chi connectivity index (χ3v) is 2.69. The molecule has 1 heterocycles. The number of rotatable bonds is 7. The van der Waals surface area contributed by atoms with E-state index in [1.54, 1.807) is 6.07 Å². The summed E-state index contributed by atoms with van der Waals surface area (Å²) in [6, 6.07) is 9.32. The van der Waals surface area contributed by atoms with Crippen LogP contribution in [0.1, 0.15) is 26.1 Å². The van der Waals surface area contributed by atoms with Gasteiger partial charge in [-0.25, -0.2) is 4.98 Å². The summed E-state index contributed by atoms with van der Waals surface area (Å²) in [7, 11) is 0. The fourth-order valence-electron chi connectivity index (χ4n) is 1.81. The van der Waals surface area contributed by atoms with Crippen LogP contribution in [0.4, 0.5) is 5.82 Å². The van der Waals surface area contributed by atoms with E-state index < -0.39 is 0 Å². The summed E-state index contributed by atoms with van der Waals surface area (Å²) in [5.74, 6) is 3.53. The molecule has 1 aromatic heterocycles. The van der Waals surface area contributed by atoms with Crippen LogP contribution in [0.25, 0.3) is 0 Å². The van der Waals surface area contributed by atoms with Crippen LogP contribution in [-0.2, 0) is 0 Å². The highest BCUT2D eigenvalue weighted by Gasteiger charge is 2.04. The first kappa shape index (κ1) is 15.1. The zero-order valence-corrected chi connectivity index (χ0v) is 12.7. The Balaban J connectivity index is 2.07. The molecule has 1 aromatic carbocycles. The Bertz CT molecular complexity index is 570. The minimum Gasteiger partial charge on any atom is -0.494 e. The predicted octanol–water partition coefficient (Wildman–Crippen LogP) is 3.80. The van der Waals surface area contributed by atoms with Crippen molar-refractivity contribution < 1.29 is 9.47 Å². The van der Waals surface area contributed by atoms with Gasteiger partial charge in [0.15, 0.2) is 0 Å². The molecule has 0 radical (unpaired) electrons. The SMILES string of the molecule is CCCOc1ccc(Oc2cc(NCC)nc(C)n2)cc1. The maximum atomic E-state index is 5.76. The molecule has 0 fully saturated rings. The summed E-state index contributed by atoms with van der Waals surface area (Å²) < 4.78 is 11.3. The monoisotopic (exact) mass is 287 g/mol. The van der Waals surface area contributed by atoms with E-state index in [0.717, 1.165) is 36.9 Å². The maximum Gasteiger partial charge on any atom is 0.224 e. The zero-order chi connectivity index (χ0) is 15.1. The number of aryl methyl sites for hydroxylation is 1. The zero-order valence-electron chi connectivity index (χ0n) is 12.7. The lowest BCUT2D eigenvalue weighted by Gasteiger charge is -2.09. The molecule has 0 amide bonds. The normalized spacial score (nSPS) is 10.2. The molecule has 0 aliphatic heterocycles. The number of anilines is 1. The number of nitrogens with one attached hydrogen (secondary N) is 1. The van der Waals surface area contributed by atoms with Gasteiger partial charge >= 0.3 is 0 Å². The van der Waals surface area contributed by atoms with E-state index in [1.165, 1.54) is 0 Å². The van der Waals surface area contributed by atoms with Crippen molar-refractivity contribution in [2.45, 2.75) is 27.2 Å². The number of benzene rings is 1. The highest BCUT2D eigenvalue weighted by Crippen LogP contribution is 2.24. The van der Waals surface area contributed by atoms with Crippen molar-refractivity contribution in [1.82, 2.24) is 9.97 Å². The molecule has 5 nitrogen and oxygen atoms in total. The van der Waals surface area contributed by atoms with Gasteiger partial charge in [-0.3, -0.25) is 0 Å². The third kappa shape index (κ3) is 4.63. The quantitative estimate of drug-likeness (QED) is 0.839. The number of hydrogen-bond acceptors (Lipinski definition) is 5. The number of nitrogens with zero attached hydrogens (tertiary/aromatic N) is 2. The van der Waals surface area contributed by atoms with E-state index in [0.29, 0.717) is 11.7 Å². The van der Waals surface area contributed by atoms with Gasteiger partial charge in [0, 0.05) is 12.6 Å².